The van der Waals surface area contributed by atoms with Gasteiger partial charge in [0.15, 0.2) is 5.58 Å². The Balaban J connectivity index is 2.10. The van der Waals surface area contributed by atoms with Crippen LogP contribution in [0.2, 0.25) is 0 Å². The molecule has 0 aliphatic rings. The zero-order valence-corrected chi connectivity index (χ0v) is 11.4. The third kappa shape index (κ3) is 2.85. The number of H-pyrrole nitrogens is 1. The monoisotopic (exact) mass is 259 g/mol. The lowest BCUT2D eigenvalue weighted by Gasteiger charge is -2.28. The molecule has 1 aromatic heterocycles. The van der Waals surface area contributed by atoms with Crippen molar-refractivity contribution in [3.8, 4) is 6.07 Å². The summed E-state index contributed by atoms with van der Waals surface area (Å²) in [5.74, 6) is -0.435. The number of benzene rings is 1. The van der Waals surface area contributed by atoms with E-state index in [1.165, 1.54) is 0 Å². The second kappa shape index (κ2) is 4.90. The molecule has 5 heteroatoms. The van der Waals surface area contributed by atoms with Crippen LogP contribution in [-0.4, -0.2) is 29.0 Å². The molecule has 1 N–H and O–H groups in total. The first-order valence-corrected chi connectivity index (χ1v) is 6.16. The lowest BCUT2D eigenvalue weighted by Crippen LogP contribution is -2.40. The zero-order valence-electron chi connectivity index (χ0n) is 11.4. The summed E-state index contributed by atoms with van der Waals surface area (Å²) in [5, 5.41) is 9.06. The van der Waals surface area contributed by atoms with E-state index < -0.39 is 11.3 Å². The predicted molar refractivity (Wildman–Crippen MR) is 72.9 cm³/mol. The number of aromatic amines is 1. The molecule has 0 unspecified atom stereocenters. The lowest BCUT2D eigenvalue weighted by molar-refractivity contribution is 0.214. The van der Waals surface area contributed by atoms with Crippen LogP contribution < -0.4 is 5.76 Å². The number of rotatable bonds is 4. The summed E-state index contributed by atoms with van der Waals surface area (Å²) < 4.78 is 4.96. The second-order valence-electron chi connectivity index (χ2n) is 5.19. The highest BCUT2D eigenvalue weighted by atomic mass is 16.4. The Morgan fingerprint density at radius 2 is 2.21 bits per heavy atom. The normalized spacial score (nSPS) is 11.9. The molecule has 0 amide bonds. The molecular formula is C14H17N3O2. The molecule has 0 radical (unpaired) electrons. The second-order valence-corrected chi connectivity index (χ2v) is 5.19. The van der Waals surface area contributed by atoms with E-state index in [9.17, 15) is 4.79 Å². The molecule has 2 aromatic rings. The van der Waals surface area contributed by atoms with E-state index in [0.717, 1.165) is 18.5 Å². The van der Waals surface area contributed by atoms with Crippen LogP contribution in [0.4, 0.5) is 0 Å². The number of hydrogen-bond donors (Lipinski definition) is 1. The van der Waals surface area contributed by atoms with Crippen LogP contribution in [0.1, 0.15) is 19.4 Å². The van der Waals surface area contributed by atoms with Crippen molar-refractivity contribution < 1.29 is 4.42 Å². The Labute approximate surface area is 111 Å². The van der Waals surface area contributed by atoms with Crippen LogP contribution in [0.3, 0.4) is 0 Å². The molecule has 1 heterocycles. The van der Waals surface area contributed by atoms with Gasteiger partial charge >= 0.3 is 5.76 Å². The van der Waals surface area contributed by atoms with Gasteiger partial charge in [0, 0.05) is 6.54 Å². The van der Waals surface area contributed by atoms with Gasteiger partial charge in [-0.1, -0.05) is 6.07 Å². The Hall–Kier alpha value is -2.06. The SMILES string of the molecule is CN(CCc1ccc2oc(=O)[nH]c2c1)C(C)(C)C#N. The third-order valence-corrected chi connectivity index (χ3v) is 3.45. The van der Waals surface area contributed by atoms with Gasteiger partial charge in [0.2, 0.25) is 0 Å². The fourth-order valence-corrected chi connectivity index (χ4v) is 1.82. The molecule has 1 aromatic carbocycles. The molecule has 0 bridgehead atoms. The number of fused-ring (bicyclic) bond motifs is 1. The minimum absolute atomic E-state index is 0.435. The average Bonchev–Trinajstić information content (AvgIpc) is 2.74. The molecule has 0 spiro atoms. The molecule has 2 rings (SSSR count). The van der Waals surface area contributed by atoms with Crippen molar-refractivity contribution in [3.63, 3.8) is 0 Å². The number of nitrogens with one attached hydrogen (secondary N) is 1. The molecule has 0 aliphatic heterocycles. The molecule has 5 nitrogen and oxygen atoms in total. The van der Waals surface area contributed by atoms with Crippen LogP contribution in [0, 0.1) is 11.3 Å². The van der Waals surface area contributed by atoms with Gasteiger partial charge in [-0.3, -0.25) is 9.88 Å². The van der Waals surface area contributed by atoms with Crippen molar-refractivity contribution in [1.82, 2.24) is 9.88 Å². The summed E-state index contributed by atoms with van der Waals surface area (Å²) in [6, 6.07) is 7.91. The largest absolute Gasteiger partial charge is 0.417 e. The molecule has 100 valence electrons. The van der Waals surface area contributed by atoms with Crippen LogP contribution in [0.15, 0.2) is 27.4 Å². The summed E-state index contributed by atoms with van der Waals surface area (Å²) in [7, 11) is 1.93. The summed E-state index contributed by atoms with van der Waals surface area (Å²) in [4.78, 5) is 15.7. The van der Waals surface area contributed by atoms with E-state index in [-0.39, 0.29) is 0 Å². The number of nitriles is 1. The molecular weight excluding hydrogens is 242 g/mol. The van der Waals surface area contributed by atoms with Crippen molar-refractivity contribution in [3.05, 3.63) is 34.3 Å². The quantitative estimate of drug-likeness (QED) is 0.910. The number of likely N-dealkylation sites (N-methyl/N-ethyl adjacent to an activating group) is 1. The van der Waals surface area contributed by atoms with Crippen molar-refractivity contribution in [2.75, 3.05) is 13.6 Å². The Morgan fingerprint density at radius 3 is 2.89 bits per heavy atom. The Bertz CT molecular complexity index is 676. The van der Waals surface area contributed by atoms with Crippen LogP contribution in [0.25, 0.3) is 11.1 Å². The number of nitrogens with zero attached hydrogens (tertiary/aromatic N) is 2. The van der Waals surface area contributed by atoms with E-state index in [2.05, 4.69) is 11.1 Å². The van der Waals surface area contributed by atoms with Crippen molar-refractivity contribution in [1.29, 1.82) is 5.26 Å². The van der Waals surface area contributed by atoms with Gasteiger partial charge in [-0.15, -0.1) is 0 Å². The summed E-state index contributed by atoms with van der Waals surface area (Å²) in [6.07, 6.45) is 0.810. The maximum atomic E-state index is 11.1. The van der Waals surface area contributed by atoms with E-state index >= 15 is 0 Å². The minimum Gasteiger partial charge on any atom is -0.408 e. The number of aromatic nitrogens is 1. The highest BCUT2D eigenvalue weighted by Crippen LogP contribution is 2.15. The predicted octanol–water partition coefficient (Wildman–Crippen LogP) is 1.90. The maximum absolute atomic E-state index is 11.1. The Morgan fingerprint density at radius 1 is 1.47 bits per heavy atom. The fourth-order valence-electron chi connectivity index (χ4n) is 1.82. The van der Waals surface area contributed by atoms with Gasteiger partial charge in [-0.2, -0.15) is 5.26 Å². The highest BCUT2D eigenvalue weighted by molar-refractivity contribution is 5.72. The number of hydrogen-bond acceptors (Lipinski definition) is 4. The van der Waals surface area contributed by atoms with E-state index in [1.807, 2.05) is 37.9 Å². The molecule has 0 fully saturated rings. The smallest absolute Gasteiger partial charge is 0.408 e. The summed E-state index contributed by atoms with van der Waals surface area (Å²) >= 11 is 0. The minimum atomic E-state index is -0.478. The molecule has 0 saturated heterocycles. The summed E-state index contributed by atoms with van der Waals surface area (Å²) in [6.45, 7) is 4.56. The molecule has 19 heavy (non-hydrogen) atoms. The standard InChI is InChI=1S/C14H17N3O2/c1-14(2,9-15)17(3)7-6-10-4-5-12-11(8-10)16-13(18)19-12/h4-5,8H,6-7H2,1-3H3,(H,16,18). The van der Waals surface area contributed by atoms with Gasteiger partial charge in [0.25, 0.3) is 0 Å². The van der Waals surface area contributed by atoms with Crippen molar-refractivity contribution in [2.45, 2.75) is 25.8 Å². The van der Waals surface area contributed by atoms with Crippen molar-refractivity contribution in [2.24, 2.45) is 0 Å². The van der Waals surface area contributed by atoms with Crippen LogP contribution >= 0.6 is 0 Å². The van der Waals surface area contributed by atoms with Gasteiger partial charge in [-0.25, -0.2) is 4.79 Å². The first-order valence-electron chi connectivity index (χ1n) is 6.16. The van der Waals surface area contributed by atoms with Gasteiger partial charge in [0.1, 0.15) is 5.54 Å². The van der Waals surface area contributed by atoms with E-state index in [0.29, 0.717) is 11.1 Å². The van der Waals surface area contributed by atoms with Gasteiger partial charge < -0.3 is 4.42 Å². The lowest BCUT2D eigenvalue weighted by atomic mass is 10.0. The first-order chi connectivity index (χ1) is 8.92. The third-order valence-electron chi connectivity index (χ3n) is 3.45. The maximum Gasteiger partial charge on any atom is 0.417 e. The van der Waals surface area contributed by atoms with Crippen molar-refractivity contribution >= 4 is 11.1 Å². The molecule has 0 aliphatic carbocycles. The topological polar surface area (TPSA) is 73.0 Å². The number of oxazole rings is 1. The fraction of sp³-hybridized carbons (Fsp3) is 0.429. The van der Waals surface area contributed by atoms with Crippen LogP contribution in [0.5, 0.6) is 0 Å². The zero-order chi connectivity index (χ0) is 14.0. The molecule has 0 atom stereocenters. The van der Waals surface area contributed by atoms with Gasteiger partial charge in [0.05, 0.1) is 11.6 Å². The van der Waals surface area contributed by atoms with Crippen LogP contribution in [-0.2, 0) is 6.42 Å². The summed E-state index contributed by atoms with van der Waals surface area (Å²) in [5.41, 5.74) is 1.91. The first kappa shape index (κ1) is 13.4. The van der Waals surface area contributed by atoms with E-state index in [1.54, 1.807) is 6.07 Å². The molecule has 0 saturated carbocycles. The van der Waals surface area contributed by atoms with E-state index in [4.69, 9.17) is 9.68 Å². The highest BCUT2D eigenvalue weighted by Gasteiger charge is 2.22. The van der Waals surface area contributed by atoms with Gasteiger partial charge in [-0.05, 0) is 45.0 Å². The average molecular weight is 259 g/mol. The Kier molecular flexibility index (Phi) is 3.45.